The highest BCUT2D eigenvalue weighted by molar-refractivity contribution is 7.91. The molecule has 1 fully saturated rings. The average molecular weight is 470 g/mol. The standard InChI is InChI=1S/C25H31N3O4S/c1-4-19(3)18-33(30,31)24-12-8-21(9-13-24)27-26-20-6-10-22(11-7-20)28-16-14-23(15-17-28)32-25(29)5-2/h5-13,19,23H,2,4,14-18H2,1,3H3. The highest BCUT2D eigenvalue weighted by Gasteiger charge is 2.22. The van der Waals surface area contributed by atoms with Gasteiger partial charge in [-0.2, -0.15) is 10.2 Å². The molecule has 1 aliphatic rings. The summed E-state index contributed by atoms with van der Waals surface area (Å²) in [5, 5.41) is 8.49. The van der Waals surface area contributed by atoms with Crippen LogP contribution in [0.25, 0.3) is 0 Å². The van der Waals surface area contributed by atoms with E-state index >= 15 is 0 Å². The number of hydrogen-bond acceptors (Lipinski definition) is 7. The molecule has 3 rings (SSSR count). The molecule has 1 aliphatic heterocycles. The monoisotopic (exact) mass is 469 g/mol. The maximum Gasteiger partial charge on any atom is 0.330 e. The van der Waals surface area contributed by atoms with E-state index in [2.05, 4.69) is 21.7 Å². The minimum absolute atomic E-state index is 0.0590. The fourth-order valence-electron chi connectivity index (χ4n) is 3.60. The van der Waals surface area contributed by atoms with Crippen LogP contribution >= 0.6 is 0 Å². The number of carbonyl (C=O) groups excluding carboxylic acids is 1. The molecule has 0 N–H and O–H groups in total. The Balaban J connectivity index is 1.56. The minimum atomic E-state index is -3.29. The lowest BCUT2D eigenvalue weighted by molar-refractivity contribution is -0.143. The Morgan fingerprint density at radius 1 is 1.09 bits per heavy atom. The van der Waals surface area contributed by atoms with Gasteiger partial charge in [-0.1, -0.05) is 26.8 Å². The molecular weight excluding hydrogens is 438 g/mol. The van der Waals surface area contributed by atoms with Gasteiger partial charge in [-0.05, 0) is 54.4 Å². The van der Waals surface area contributed by atoms with Gasteiger partial charge in [0.05, 0.1) is 22.0 Å². The van der Waals surface area contributed by atoms with Crippen molar-refractivity contribution in [2.24, 2.45) is 16.1 Å². The van der Waals surface area contributed by atoms with Crippen LogP contribution in [0, 0.1) is 5.92 Å². The summed E-state index contributed by atoms with van der Waals surface area (Å²) in [5.74, 6) is -0.0991. The lowest BCUT2D eigenvalue weighted by Gasteiger charge is -2.33. The highest BCUT2D eigenvalue weighted by Crippen LogP contribution is 2.26. The van der Waals surface area contributed by atoms with E-state index in [0.29, 0.717) is 16.3 Å². The molecule has 8 heteroatoms. The Morgan fingerprint density at radius 2 is 1.64 bits per heavy atom. The van der Waals surface area contributed by atoms with Gasteiger partial charge >= 0.3 is 5.97 Å². The molecule has 0 bridgehead atoms. The van der Waals surface area contributed by atoms with Crippen molar-refractivity contribution in [1.29, 1.82) is 0 Å². The molecule has 1 saturated heterocycles. The molecule has 0 amide bonds. The van der Waals surface area contributed by atoms with Gasteiger partial charge in [0, 0.05) is 37.7 Å². The second-order valence-electron chi connectivity index (χ2n) is 8.33. The molecule has 1 unspecified atom stereocenters. The van der Waals surface area contributed by atoms with Crippen LogP contribution in [0.1, 0.15) is 33.1 Å². The number of rotatable bonds is 9. The molecule has 0 aliphatic carbocycles. The summed E-state index contributed by atoms with van der Waals surface area (Å²) in [7, 11) is -3.29. The van der Waals surface area contributed by atoms with Crippen molar-refractivity contribution in [2.45, 2.75) is 44.1 Å². The zero-order valence-electron chi connectivity index (χ0n) is 19.2. The number of carbonyl (C=O) groups is 1. The summed E-state index contributed by atoms with van der Waals surface area (Å²) in [6.45, 7) is 8.97. The maximum absolute atomic E-state index is 12.4. The third kappa shape index (κ3) is 6.99. The fourth-order valence-corrected chi connectivity index (χ4v) is 5.33. The van der Waals surface area contributed by atoms with Gasteiger partial charge in [0.25, 0.3) is 0 Å². The van der Waals surface area contributed by atoms with Crippen LogP contribution in [0.15, 0.2) is 76.3 Å². The first-order valence-electron chi connectivity index (χ1n) is 11.2. The van der Waals surface area contributed by atoms with E-state index in [1.165, 1.54) is 6.08 Å². The summed E-state index contributed by atoms with van der Waals surface area (Å²) >= 11 is 0. The first-order valence-corrected chi connectivity index (χ1v) is 12.9. The summed E-state index contributed by atoms with van der Waals surface area (Å²) in [6, 6.07) is 14.3. The molecule has 176 valence electrons. The normalized spacial score (nSPS) is 16.0. The van der Waals surface area contributed by atoms with Crippen LogP contribution in [-0.4, -0.2) is 39.3 Å². The van der Waals surface area contributed by atoms with Gasteiger partial charge < -0.3 is 9.64 Å². The Labute approximate surface area is 196 Å². The first-order chi connectivity index (χ1) is 15.8. The molecular formula is C25H31N3O4S. The number of anilines is 1. The lowest BCUT2D eigenvalue weighted by atomic mass is 10.1. The smallest absolute Gasteiger partial charge is 0.330 e. The fraction of sp³-hybridized carbons (Fsp3) is 0.400. The number of hydrogen-bond donors (Lipinski definition) is 0. The third-order valence-electron chi connectivity index (χ3n) is 5.78. The Morgan fingerprint density at radius 3 is 2.15 bits per heavy atom. The minimum Gasteiger partial charge on any atom is -0.459 e. The summed E-state index contributed by atoms with van der Waals surface area (Å²) in [5.41, 5.74) is 2.39. The van der Waals surface area contributed by atoms with Crippen molar-refractivity contribution in [3.8, 4) is 0 Å². The topological polar surface area (TPSA) is 88.4 Å². The summed E-state index contributed by atoms with van der Waals surface area (Å²) < 4.78 is 30.2. The predicted molar refractivity (Wildman–Crippen MR) is 130 cm³/mol. The molecule has 7 nitrogen and oxygen atoms in total. The molecule has 1 atom stereocenters. The van der Waals surface area contributed by atoms with E-state index in [1.54, 1.807) is 24.3 Å². The molecule has 33 heavy (non-hydrogen) atoms. The maximum atomic E-state index is 12.4. The molecule has 1 heterocycles. The molecule has 0 saturated carbocycles. The first kappa shape index (κ1) is 24.6. The van der Waals surface area contributed by atoms with Crippen molar-refractivity contribution >= 4 is 32.9 Å². The SMILES string of the molecule is C=CC(=O)OC1CCN(c2ccc(N=Nc3ccc(S(=O)(=O)CC(C)CC)cc3)cc2)CC1. The second kappa shape index (κ2) is 11.2. The van der Waals surface area contributed by atoms with Crippen molar-refractivity contribution in [2.75, 3.05) is 23.7 Å². The number of azo groups is 1. The number of nitrogens with zero attached hydrogens (tertiary/aromatic N) is 3. The Bertz CT molecular complexity index is 1070. The van der Waals surface area contributed by atoms with E-state index in [4.69, 9.17) is 4.74 Å². The van der Waals surface area contributed by atoms with Crippen molar-refractivity contribution in [3.05, 3.63) is 61.2 Å². The molecule has 0 radical (unpaired) electrons. The van der Waals surface area contributed by atoms with Crippen molar-refractivity contribution < 1.29 is 17.9 Å². The van der Waals surface area contributed by atoms with Crippen LogP contribution in [0.2, 0.25) is 0 Å². The second-order valence-corrected chi connectivity index (χ2v) is 10.4. The van der Waals surface area contributed by atoms with Crippen molar-refractivity contribution in [3.63, 3.8) is 0 Å². The van der Waals surface area contributed by atoms with E-state index in [1.807, 2.05) is 38.1 Å². The third-order valence-corrected chi connectivity index (χ3v) is 7.78. The number of ether oxygens (including phenoxy) is 1. The van der Waals surface area contributed by atoms with Gasteiger partial charge in [0.15, 0.2) is 9.84 Å². The molecule has 2 aromatic rings. The quantitative estimate of drug-likeness (QED) is 0.270. The van der Waals surface area contributed by atoms with E-state index in [9.17, 15) is 13.2 Å². The van der Waals surface area contributed by atoms with Gasteiger partial charge in [0.1, 0.15) is 6.10 Å². The van der Waals surface area contributed by atoms with E-state index in [-0.39, 0.29) is 23.7 Å². The van der Waals surface area contributed by atoms with Gasteiger partial charge in [0.2, 0.25) is 0 Å². The van der Waals surface area contributed by atoms with Crippen LogP contribution in [0.5, 0.6) is 0 Å². The zero-order chi connectivity index (χ0) is 23.8. The van der Waals surface area contributed by atoms with E-state index < -0.39 is 9.84 Å². The van der Waals surface area contributed by atoms with Crippen LogP contribution in [0.4, 0.5) is 17.1 Å². The van der Waals surface area contributed by atoms with Crippen LogP contribution < -0.4 is 4.90 Å². The zero-order valence-corrected chi connectivity index (χ0v) is 20.0. The number of piperidine rings is 1. The molecule has 0 spiro atoms. The number of esters is 1. The Kier molecular flexibility index (Phi) is 8.38. The van der Waals surface area contributed by atoms with E-state index in [0.717, 1.165) is 38.0 Å². The molecule has 2 aromatic carbocycles. The molecule has 0 aromatic heterocycles. The van der Waals surface area contributed by atoms with Gasteiger partial charge in [-0.15, -0.1) is 0 Å². The average Bonchev–Trinajstić information content (AvgIpc) is 2.83. The predicted octanol–water partition coefficient (Wildman–Crippen LogP) is 5.62. The van der Waals surface area contributed by atoms with Gasteiger partial charge in [-0.3, -0.25) is 0 Å². The lowest BCUT2D eigenvalue weighted by Crippen LogP contribution is -2.37. The van der Waals surface area contributed by atoms with Crippen LogP contribution in [-0.2, 0) is 19.4 Å². The van der Waals surface area contributed by atoms with Gasteiger partial charge in [-0.25, -0.2) is 13.2 Å². The number of benzene rings is 2. The summed E-state index contributed by atoms with van der Waals surface area (Å²) in [4.78, 5) is 13.9. The Hall–Kier alpha value is -3.00. The van der Waals surface area contributed by atoms with Crippen molar-refractivity contribution in [1.82, 2.24) is 0 Å². The highest BCUT2D eigenvalue weighted by atomic mass is 32.2. The van der Waals surface area contributed by atoms with Crippen LogP contribution in [0.3, 0.4) is 0 Å². The summed E-state index contributed by atoms with van der Waals surface area (Å²) in [6.07, 6.45) is 3.53. The largest absolute Gasteiger partial charge is 0.459 e. The number of sulfone groups is 1.